The number of benzene rings is 1. The summed E-state index contributed by atoms with van der Waals surface area (Å²) in [6.45, 7) is 1.51. The number of fused-ring (bicyclic) bond motifs is 1. The summed E-state index contributed by atoms with van der Waals surface area (Å²) in [4.78, 5) is 31.4. The first-order valence-corrected chi connectivity index (χ1v) is 9.50. The predicted octanol–water partition coefficient (Wildman–Crippen LogP) is 2.60. The smallest absolute Gasteiger partial charge is 0.256 e. The molecule has 146 valence electrons. The lowest BCUT2D eigenvalue weighted by Gasteiger charge is -2.25. The highest BCUT2D eigenvalue weighted by Crippen LogP contribution is 2.35. The fourth-order valence-corrected chi connectivity index (χ4v) is 3.76. The number of amides is 2. The zero-order valence-electron chi connectivity index (χ0n) is 15.4. The van der Waals surface area contributed by atoms with Gasteiger partial charge in [-0.05, 0) is 42.7 Å². The van der Waals surface area contributed by atoms with Gasteiger partial charge in [-0.15, -0.1) is 0 Å². The van der Waals surface area contributed by atoms with Crippen molar-refractivity contribution in [3.05, 3.63) is 65.2 Å². The summed E-state index contributed by atoms with van der Waals surface area (Å²) in [5.41, 5.74) is 1.93. The second-order valence-corrected chi connectivity index (χ2v) is 7.15. The van der Waals surface area contributed by atoms with Crippen LogP contribution in [0.5, 0.6) is 0 Å². The molecule has 3 heterocycles. The van der Waals surface area contributed by atoms with E-state index in [1.165, 1.54) is 12.1 Å². The van der Waals surface area contributed by atoms with Gasteiger partial charge < -0.3 is 15.0 Å². The lowest BCUT2D eigenvalue weighted by molar-refractivity contribution is -0.122. The lowest BCUT2D eigenvalue weighted by atomic mass is 10.1. The van der Waals surface area contributed by atoms with Crippen LogP contribution in [0.4, 0.5) is 4.39 Å². The van der Waals surface area contributed by atoms with Crippen molar-refractivity contribution in [2.24, 2.45) is 0 Å². The van der Waals surface area contributed by atoms with E-state index in [0.717, 1.165) is 25.0 Å². The molecule has 1 N–H and O–H groups in total. The number of aromatic nitrogens is 1. The van der Waals surface area contributed by atoms with Crippen molar-refractivity contribution in [1.29, 1.82) is 0 Å². The van der Waals surface area contributed by atoms with Gasteiger partial charge in [-0.1, -0.05) is 12.1 Å². The SMILES string of the molecule is O=C(CC1c2ncccc2C(=O)N1Cc1ccc(F)cc1)NCC1CCCO1. The molecule has 0 saturated carbocycles. The van der Waals surface area contributed by atoms with E-state index in [9.17, 15) is 14.0 Å². The molecule has 1 aromatic carbocycles. The summed E-state index contributed by atoms with van der Waals surface area (Å²) in [7, 11) is 0. The van der Waals surface area contributed by atoms with Crippen molar-refractivity contribution in [2.75, 3.05) is 13.2 Å². The van der Waals surface area contributed by atoms with Crippen LogP contribution < -0.4 is 5.32 Å². The van der Waals surface area contributed by atoms with Crippen molar-refractivity contribution >= 4 is 11.8 Å². The Hall–Kier alpha value is -2.80. The molecule has 2 aliphatic heterocycles. The van der Waals surface area contributed by atoms with Gasteiger partial charge in [0, 0.05) is 25.9 Å². The standard InChI is InChI=1S/C21H22FN3O3/c22-15-7-5-14(6-8-15)13-25-18(20-17(21(25)27)4-1-9-23-20)11-19(26)24-12-16-3-2-10-28-16/h1,4-9,16,18H,2-3,10-13H2,(H,24,26). The summed E-state index contributed by atoms with van der Waals surface area (Å²) >= 11 is 0. The van der Waals surface area contributed by atoms with E-state index in [1.54, 1.807) is 35.4 Å². The van der Waals surface area contributed by atoms with Crippen molar-refractivity contribution in [3.8, 4) is 0 Å². The molecule has 2 aliphatic rings. The maximum atomic E-state index is 13.2. The zero-order chi connectivity index (χ0) is 19.5. The van der Waals surface area contributed by atoms with Crippen LogP contribution >= 0.6 is 0 Å². The third kappa shape index (κ3) is 3.89. The predicted molar refractivity (Wildman–Crippen MR) is 99.9 cm³/mol. The van der Waals surface area contributed by atoms with E-state index >= 15 is 0 Å². The fraction of sp³-hybridized carbons (Fsp3) is 0.381. The Morgan fingerprint density at radius 2 is 2.11 bits per heavy atom. The molecule has 0 radical (unpaired) electrons. The highest BCUT2D eigenvalue weighted by molar-refractivity contribution is 5.99. The van der Waals surface area contributed by atoms with E-state index in [2.05, 4.69) is 10.3 Å². The summed E-state index contributed by atoms with van der Waals surface area (Å²) in [6.07, 6.45) is 3.79. The topological polar surface area (TPSA) is 71.5 Å². The Kier molecular flexibility index (Phi) is 5.34. The van der Waals surface area contributed by atoms with Crippen molar-refractivity contribution < 1.29 is 18.7 Å². The summed E-state index contributed by atoms with van der Waals surface area (Å²) in [6, 6.07) is 9.02. The minimum atomic E-state index is -0.446. The van der Waals surface area contributed by atoms with Crippen LogP contribution in [-0.4, -0.2) is 41.0 Å². The van der Waals surface area contributed by atoms with Gasteiger partial charge in [-0.25, -0.2) is 4.39 Å². The molecular formula is C21H22FN3O3. The molecule has 0 aliphatic carbocycles. The monoisotopic (exact) mass is 383 g/mol. The summed E-state index contributed by atoms with van der Waals surface area (Å²) in [5.74, 6) is -0.633. The van der Waals surface area contributed by atoms with Crippen molar-refractivity contribution in [2.45, 2.75) is 38.0 Å². The van der Waals surface area contributed by atoms with Gasteiger partial charge in [0.25, 0.3) is 5.91 Å². The van der Waals surface area contributed by atoms with E-state index in [1.807, 2.05) is 0 Å². The number of hydrogen-bond donors (Lipinski definition) is 1. The van der Waals surface area contributed by atoms with Crippen molar-refractivity contribution in [1.82, 2.24) is 15.2 Å². The number of nitrogens with one attached hydrogen (secondary N) is 1. The Morgan fingerprint density at radius 3 is 2.86 bits per heavy atom. The molecule has 6 nitrogen and oxygen atoms in total. The van der Waals surface area contributed by atoms with Gasteiger partial charge in [0.05, 0.1) is 29.8 Å². The Labute approximate surface area is 162 Å². The van der Waals surface area contributed by atoms with Gasteiger partial charge in [-0.3, -0.25) is 14.6 Å². The van der Waals surface area contributed by atoms with Crippen LogP contribution in [0.15, 0.2) is 42.6 Å². The Bertz CT molecular complexity index is 865. The molecule has 1 fully saturated rings. The highest BCUT2D eigenvalue weighted by Gasteiger charge is 2.38. The molecular weight excluding hydrogens is 361 g/mol. The highest BCUT2D eigenvalue weighted by atomic mass is 19.1. The second-order valence-electron chi connectivity index (χ2n) is 7.15. The molecule has 7 heteroatoms. The average Bonchev–Trinajstić information content (AvgIpc) is 3.31. The van der Waals surface area contributed by atoms with Gasteiger partial charge in [0.1, 0.15) is 5.82 Å². The van der Waals surface area contributed by atoms with E-state index in [0.29, 0.717) is 24.3 Å². The largest absolute Gasteiger partial charge is 0.376 e. The molecule has 0 bridgehead atoms. The Morgan fingerprint density at radius 1 is 1.29 bits per heavy atom. The quantitative estimate of drug-likeness (QED) is 0.832. The third-order valence-corrected chi connectivity index (χ3v) is 5.22. The van der Waals surface area contributed by atoms with Crippen LogP contribution in [0.3, 0.4) is 0 Å². The van der Waals surface area contributed by atoms with E-state index in [-0.39, 0.29) is 30.2 Å². The van der Waals surface area contributed by atoms with Crippen LogP contribution in [0.2, 0.25) is 0 Å². The number of hydrogen-bond acceptors (Lipinski definition) is 4. The molecule has 1 saturated heterocycles. The summed E-state index contributed by atoms with van der Waals surface area (Å²) in [5, 5.41) is 2.91. The van der Waals surface area contributed by atoms with Crippen LogP contribution in [0, 0.1) is 5.82 Å². The Balaban J connectivity index is 1.49. The number of carbonyl (C=O) groups is 2. The average molecular weight is 383 g/mol. The zero-order valence-corrected chi connectivity index (χ0v) is 15.4. The van der Waals surface area contributed by atoms with E-state index in [4.69, 9.17) is 4.74 Å². The first kappa shape index (κ1) is 18.6. The van der Waals surface area contributed by atoms with Gasteiger partial charge in [0.15, 0.2) is 0 Å². The lowest BCUT2D eigenvalue weighted by Crippen LogP contribution is -2.35. The van der Waals surface area contributed by atoms with Crippen molar-refractivity contribution in [3.63, 3.8) is 0 Å². The molecule has 2 unspecified atom stereocenters. The molecule has 0 spiro atoms. The number of ether oxygens (including phenoxy) is 1. The molecule has 1 aromatic heterocycles. The molecule has 2 aromatic rings. The summed E-state index contributed by atoms with van der Waals surface area (Å²) < 4.78 is 18.7. The third-order valence-electron chi connectivity index (χ3n) is 5.22. The van der Waals surface area contributed by atoms with Gasteiger partial charge in [0.2, 0.25) is 5.91 Å². The molecule has 28 heavy (non-hydrogen) atoms. The maximum absolute atomic E-state index is 13.2. The van der Waals surface area contributed by atoms with Crippen LogP contribution in [-0.2, 0) is 16.1 Å². The number of pyridine rings is 1. The van der Waals surface area contributed by atoms with Crippen LogP contribution in [0.25, 0.3) is 0 Å². The number of halogens is 1. The van der Waals surface area contributed by atoms with E-state index < -0.39 is 6.04 Å². The first-order valence-electron chi connectivity index (χ1n) is 9.50. The van der Waals surface area contributed by atoms with Gasteiger partial charge in [-0.2, -0.15) is 0 Å². The maximum Gasteiger partial charge on any atom is 0.256 e. The normalized spacial score (nSPS) is 21.0. The number of nitrogens with zero attached hydrogens (tertiary/aromatic N) is 2. The second kappa shape index (κ2) is 8.06. The molecule has 2 amide bonds. The minimum Gasteiger partial charge on any atom is -0.376 e. The fourth-order valence-electron chi connectivity index (χ4n) is 3.76. The number of rotatable bonds is 6. The first-order chi connectivity index (χ1) is 13.6. The minimum absolute atomic E-state index is 0.0647. The van der Waals surface area contributed by atoms with Crippen LogP contribution in [0.1, 0.15) is 46.9 Å². The molecule has 2 atom stereocenters. The number of carbonyl (C=O) groups excluding carboxylic acids is 2. The molecule has 4 rings (SSSR count). The van der Waals surface area contributed by atoms with Gasteiger partial charge >= 0.3 is 0 Å².